The lowest BCUT2D eigenvalue weighted by molar-refractivity contribution is -0.121. The molecular weight excluding hydrogens is 338 g/mol. The van der Waals surface area contributed by atoms with Crippen molar-refractivity contribution in [2.24, 2.45) is 0 Å². The van der Waals surface area contributed by atoms with E-state index in [4.69, 9.17) is 18.0 Å². The Bertz CT molecular complexity index is 804. The van der Waals surface area contributed by atoms with Gasteiger partial charge in [-0.1, -0.05) is 29.7 Å². The maximum absolute atomic E-state index is 12.3. The molecule has 1 aliphatic rings. The minimum absolute atomic E-state index is 0.0940. The number of nitrogens with zero attached hydrogens (tertiary/aromatic N) is 3. The molecule has 1 aliphatic heterocycles. The summed E-state index contributed by atoms with van der Waals surface area (Å²) in [4.78, 5) is 23.0. The molecule has 0 bridgehead atoms. The zero-order valence-electron chi connectivity index (χ0n) is 13.6. The topological polar surface area (TPSA) is 70.2 Å². The van der Waals surface area contributed by atoms with Crippen LogP contribution in [-0.4, -0.2) is 35.0 Å². The molecule has 2 N–H and O–H groups in total. The summed E-state index contributed by atoms with van der Waals surface area (Å²) in [5.41, 5.74) is 0.763. The lowest BCUT2D eigenvalue weighted by atomic mass is 10.2. The number of carbonyl (C=O) groups excluding carboxylic acids is 1. The summed E-state index contributed by atoms with van der Waals surface area (Å²) in [6.45, 7) is 0.946. The van der Waals surface area contributed by atoms with E-state index in [1.54, 1.807) is 18.3 Å². The molecule has 25 heavy (non-hydrogen) atoms. The van der Waals surface area contributed by atoms with E-state index in [9.17, 15) is 4.79 Å². The Labute approximate surface area is 151 Å². The summed E-state index contributed by atoms with van der Waals surface area (Å²) in [5.74, 6) is 3.45. The van der Waals surface area contributed by atoms with Crippen LogP contribution >= 0.6 is 11.6 Å². The van der Waals surface area contributed by atoms with E-state index in [1.165, 1.54) is 0 Å². The quantitative estimate of drug-likeness (QED) is 0.807. The third kappa shape index (κ3) is 4.01. The third-order valence-electron chi connectivity index (χ3n) is 3.96. The number of terminal acetylenes is 1. The number of carbonyl (C=O) groups is 1. The van der Waals surface area contributed by atoms with Crippen molar-refractivity contribution in [1.82, 2.24) is 15.3 Å². The largest absolute Gasteiger partial charge is 0.343 e. The molecule has 0 radical (unpaired) electrons. The number of benzene rings is 1. The molecule has 6 nitrogen and oxygen atoms in total. The van der Waals surface area contributed by atoms with Gasteiger partial charge in [-0.3, -0.25) is 4.79 Å². The maximum atomic E-state index is 12.3. The van der Waals surface area contributed by atoms with Gasteiger partial charge in [0, 0.05) is 12.7 Å². The Balaban J connectivity index is 1.78. The number of anilines is 3. The van der Waals surface area contributed by atoms with E-state index in [0.717, 1.165) is 25.1 Å². The van der Waals surface area contributed by atoms with E-state index in [1.807, 2.05) is 23.1 Å². The van der Waals surface area contributed by atoms with Crippen molar-refractivity contribution in [3.8, 4) is 12.3 Å². The fourth-order valence-electron chi connectivity index (χ4n) is 2.79. The first-order chi connectivity index (χ1) is 12.2. The molecule has 7 heteroatoms. The first-order valence-electron chi connectivity index (χ1n) is 8.01. The smallest absolute Gasteiger partial charge is 0.243 e. The SMILES string of the molecule is C#CCNC(=O)[C@@H]1CCCN1c1nccc(Nc2ccccc2Cl)n1. The lowest BCUT2D eigenvalue weighted by Crippen LogP contribution is -2.44. The van der Waals surface area contributed by atoms with E-state index >= 15 is 0 Å². The molecule has 0 spiro atoms. The van der Waals surface area contributed by atoms with Crippen LogP contribution in [0.15, 0.2) is 36.5 Å². The molecule has 2 aromatic rings. The highest BCUT2D eigenvalue weighted by Crippen LogP contribution is 2.26. The van der Waals surface area contributed by atoms with Gasteiger partial charge >= 0.3 is 0 Å². The molecular formula is C18H18ClN5O. The van der Waals surface area contributed by atoms with Crippen LogP contribution in [0.3, 0.4) is 0 Å². The van der Waals surface area contributed by atoms with E-state index in [2.05, 4.69) is 26.5 Å². The maximum Gasteiger partial charge on any atom is 0.243 e. The van der Waals surface area contributed by atoms with Crippen molar-refractivity contribution in [3.63, 3.8) is 0 Å². The van der Waals surface area contributed by atoms with Gasteiger partial charge in [-0.2, -0.15) is 4.98 Å². The van der Waals surface area contributed by atoms with Crippen molar-refractivity contribution in [2.75, 3.05) is 23.3 Å². The second-order valence-corrected chi connectivity index (χ2v) is 6.03. The van der Waals surface area contributed by atoms with Crippen LogP contribution in [0.2, 0.25) is 5.02 Å². The van der Waals surface area contributed by atoms with Crippen LogP contribution in [0.5, 0.6) is 0 Å². The summed E-state index contributed by atoms with van der Waals surface area (Å²) in [6.07, 6.45) is 8.52. The Morgan fingerprint density at radius 3 is 3.04 bits per heavy atom. The number of rotatable bonds is 5. The summed E-state index contributed by atoms with van der Waals surface area (Å²) >= 11 is 6.17. The minimum atomic E-state index is -0.302. The van der Waals surface area contributed by atoms with Gasteiger partial charge in [0.15, 0.2) is 0 Å². The average molecular weight is 356 g/mol. The predicted octanol–water partition coefficient (Wildman–Crippen LogP) is 2.59. The van der Waals surface area contributed by atoms with Crippen LogP contribution in [0.4, 0.5) is 17.5 Å². The van der Waals surface area contributed by atoms with Gasteiger partial charge < -0.3 is 15.5 Å². The molecule has 1 amide bonds. The molecule has 0 unspecified atom stereocenters. The summed E-state index contributed by atoms with van der Waals surface area (Å²) in [5, 5.41) is 6.52. The number of amides is 1. The van der Waals surface area contributed by atoms with Crippen molar-refractivity contribution in [3.05, 3.63) is 41.6 Å². The highest BCUT2D eigenvalue weighted by Gasteiger charge is 2.32. The van der Waals surface area contributed by atoms with Crippen LogP contribution in [0.1, 0.15) is 12.8 Å². The van der Waals surface area contributed by atoms with Gasteiger partial charge in [0.1, 0.15) is 11.9 Å². The molecule has 2 heterocycles. The fourth-order valence-corrected chi connectivity index (χ4v) is 2.97. The van der Waals surface area contributed by atoms with Gasteiger partial charge in [-0.05, 0) is 31.0 Å². The Morgan fingerprint density at radius 2 is 2.24 bits per heavy atom. The Morgan fingerprint density at radius 1 is 1.40 bits per heavy atom. The zero-order valence-corrected chi connectivity index (χ0v) is 14.3. The van der Waals surface area contributed by atoms with E-state index in [0.29, 0.717) is 16.8 Å². The number of nitrogens with one attached hydrogen (secondary N) is 2. The van der Waals surface area contributed by atoms with Gasteiger partial charge in [0.05, 0.1) is 17.3 Å². The van der Waals surface area contributed by atoms with Crippen LogP contribution < -0.4 is 15.5 Å². The van der Waals surface area contributed by atoms with Crippen molar-refractivity contribution >= 4 is 35.0 Å². The minimum Gasteiger partial charge on any atom is -0.343 e. The summed E-state index contributed by atoms with van der Waals surface area (Å²) < 4.78 is 0. The monoisotopic (exact) mass is 355 g/mol. The number of halogens is 1. The molecule has 0 aliphatic carbocycles. The van der Waals surface area contributed by atoms with E-state index in [-0.39, 0.29) is 18.5 Å². The van der Waals surface area contributed by atoms with Gasteiger partial charge in [0.2, 0.25) is 11.9 Å². The van der Waals surface area contributed by atoms with Gasteiger partial charge in [-0.15, -0.1) is 6.42 Å². The van der Waals surface area contributed by atoms with Gasteiger partial charge in [0.25, 0.3) is 0 Å². The average Bonchev–Trinajstić information content (AvgIpc) is 3.12. The first-order valence-corrected chi connectivity index (χ1v) is 8.39. The molecule has 1 saturated heterocycles. The first kappa shape index (κ1) is 17.1. The fraction of sp³-hybridized carbons (Fsp3) is 0.278. The van der Waals surface area contributed by atoms with Crippen molar-refractivity contribution < 1.29 is 4.79 Å². The predicted molar refractivity (Wildman–Crippen MR) is 99.0 cm³/mol. The lowest BCUT2D eigenvalue weighted by Gasteiger charge is -2.23. The molecule has 1 aromatic carbocycles. The molecule has 0 saturated carbocycles. The number of para-hydroxylation sites is 1. The van der Waals surface area contributed by atoms with Gasteiger partial charge in [-0.25, -0.2) is 4.98 Å². The molecule has 1 aromatic heterocycles. The number of hydrogen-bond acceptors (Lipinski definition) is 5. The summed E-state index contributed by atoms with van der Waals surface area (Å²) in [6, 6.07) is 8.89. The normalized spacial score (nSPS) is 16.3. The Kier molecular flexibility index (Phi) is 5.36. The Hall–Kier alpha value is -2.78. The zero-order chi connectivity index (χ0) is 17.6. The van der Waals surface area contributed by atoms with Crippen LogP contribution in [0.25, 0.3) is 0 Å². The second-order valence-electron chi connectivity index (χ2n) is 5.62. The third-order valence-corrected chi connectivity index (χ3v) is 4.29. The van der Waals surface area contributed by atoms with Crippen molar-refractivity contribution in [2.45, 2.75) is 18.9 Å². The standard InChI is InChI=1S/C18H18ClN5O/c1-2-10-20-17(25)15-8-5-12-24(15)18-21-11-9-16(23-18)22-14-7-4-3-6-13(14)19/h1,3-4,6-7,9,11,15H,5,8,10,12H2,(H,20,25)(H,21,22,23)/t15-/m0/s1. The highest BCUT2D eigenvalue weighted by atomic mass is 35.5. The second kappa shape index (κ2) is 7.86. The number of hydrogen-bond donors (Lipinski definition) is 2. The molecule has 1 atom stereocenters. The molecule has 1 fully saturated rings. The molecule has 128 valence electrons. The van der Waals surface area contributed by atoms with Crippen LogP contribution in [-0.2, 0) is 4.79 Å². The number of aromatic nitrogens is 2. The van der Waals surface area contributed by atoms with Crippen molar-refractivity contribution in [1.29, 1.82) is 0 Å². The molecule has 3 rings (SSSR count). The highest BCUT2D eigenvalue weighted by molar-refractivity contribution is 6.33. The van der Waals surface area contributed by atoms with E-state index < -0.39 is 0 Å². The van der Waals surface area contributed by atoms with Crippen LogP contribution in [0, 0.1) is 12.3 Å². The summed E-state index contributed by atoms with van der Waals surface area (Å²) in [7, 11) is 0.